The Bertz CT molecular complexity index is 1810. The zero-order chi connectivity index (χ0) is 32.4. The van der Waals surface area contributed by atoms with Gasteiger partial charge in [0.05, 0.1) is 17.1 Å². The quantitative estimate of drug-likeness (QED) is 0.237. The van der Waals surface area contributed by atoms with Crippen LogP contribution in [0.5, 0.6) is 5.75 Å². The molecule has 6 rings (SSSR count). The molecule has 2 heterocycles. The molecular weight excluding hydrogens is 617 g/mol. The maximum absolute atomic E-state index is 13.1. The molecule has 1 unspecified atom stereocenters. The van der Waals surface area contributed by atoms with Gasteiger partial charge in [0, 0.05) is 11.6 Å². The van der Waals surface area contributed by atoms with Crippen molar-refractivity contribution in [3.8, 4) is 22.8 Å². The molecule has 46 heavy (non-hydrogen) atoms. The summed E-state index contributed by atoms with van der Waals surface area (Å²) in [6.07, 6.45) is 0.585. The number of benzene rings is 3. The van der Waals surface area contributed by atoms with Crippen LogP contribution < -0.4 is 15.0 Å². The van der Waals surface area contributed by atoms with Crippen LogP contribution in [0.25, 0.3) is 17.1 Å². The molecule has 9 nitrogen and oxygen atoms in total. The Morgan fingerprint density at radius 3 is 2.67 bits per heavy atom. The number of aryl methyl sites for hydroxylation is 3. The zero-order valence-electron chi connectivity index (χ0n) is 25.2. The van der Waals surface area contributed by atoms with Crippen LogP contribution in [0.2, 0.25) is 0 Å². The minimum Gasteiger partial charge on any atom is -0.406 e. The molecule has 238 valence electrons. The van der Waals surface area contributed by atoms with Crippen molar-refractivity contribution in [1.29, 1.82) is 0 Å². The molecular formula is C33H31F3N6O3S. The fourth-order valence-corrected chi connectivity index (χ4v) is 6.53. The highest BCUT2D eigenvalue weighted by atomic mass is 32.2. The molecule has 0 radical (unpaired) electrons. The summed E-state index contributed by atoms with van der Waals surface area (Å²) in [5.74, 6) is 0.315. The summed E-state index contributed by atoms with van der Waals surface area (Å²) >= 11 is 1.27. The van der Waals surface area contributed by atoms with Crippen molar-refractivity contribution in [3.05, 3.63) is 89.2 Å². The number of aliphatic imine (C=N–C) groups is 1. The van der Waals surface area contributed by atoms with Crippen LogP contribution in [0.4, 0.5) is 23.7 Å². The molecule has 1 aliphatic heterocycles. The molecule has 1 aliphatic carbocycles. The van der Waals surface area contributed by atoms with Gasteiger partial charge < -0.3 is 10.1 Å². The van der Waals surface area contributed by atoms with Gasteiger partial charge in [0.25, 0.3) is 0 Å². The number of anilines is 1. The second-order valence-electron chi connectivity index (χ2n) is 11.2. The van der Waals surface area contributed by atoms with Gasteiger partial charge in [-0.1, -0.05) is 49.4 Å². The Kier molecular flexibility index (Phi) is 8.85. The van der Waals surface area contributed by atoms with Crippen LogP contribution in [0.1, 0.15) is 42.0 Å². The van der Waals surface area contributed by atoms with E-state index in [1.807, 2.05) is 43.3 Å². The number of nitrogens with zero attached hydrogens (tertiary/aromatic N) is 5. The second kappa shape index (κ2) is 13.0. The molecule has 0 bridgehead atoms. The third-order valence-corrected chi connectivity index (χ3v) is 8.73. The molecule has 13 heteroatoms. The van der Waals surface area contributed by atoms with E-state index in [9.17, 15) is 22.8 Å². The predicted molar refractivity (Wildman–Crippen MR) is 170 cm³/mol. The van der Waals surface area contributed by atoms with Crippen molar-refractivity contribution < 1.29 is 27.5 Å². The number of thioether (sulfide) groups is 1. The number of fused-ring (bicyclic) bond motifs is 1. The van der Waals surface area contributed by atoms with Crippen molar-refractivity contribution in [2.45, 2.75) is 58.4 Å². The number of carbonyl (C=O) groups excluding carboxylic acids is 2. The number of ether oxygens (including phenoxy) is 1. The standard InChI is InChI=1S/C33H31F3N6O3S/c1-3-4-21-6-5-20(2)15-28(21)42-29(43)18-46-32(42)39-31(44)38-25-10-9-22-16-24(8-7-23(22)17-25)30-37-19-41(40-30)26-11-13-27(14-12-26)45-33(34,35)36/h5-8,11-16,19,25H,3-4,9-10,17-18H2,1-2H3,(H,38,44). The lowest BCUT2D eigenvalue weighted by atomic mass is 9.87. The molecule has 0 saturated carbocycles. The Labute approximate surface area is 267 Å². The number of alkyl halides is 3. The van der Waals surface area contributed by atoms with Crippen LogP contribution in [0.15, 0.2) is 72.0 Å². The first-order valence-corrected chi connectivity index (χ1v) is 15.9. The number of aromatic nitrogens is 3. The lowest BCUT2D eigenvalue weighted by Gasteiger charge is -2.25. The number of nitrogens with one attached hydrogen (secondary N) is 1. The fraction of sp³-hybridized carbons (Fsp3) is 0.303. The van der Waals surface area contributed by atoms with Crippen molar-refractivity contribution in [2.75, 3.05) is 10.7 Å². The van der Waals surface area contributed by atoms with Gasteiger partial charge >= 0.3 is 12.4 Å². The van der Waals surface area contributed by atoms with Gasteiger partial charge in [-0.25, -0.2) is 14.5 Å². The summed E-state index contributed by atoms with van der Waals surface area (Å²) in [6, 6.07) is 16.8. The molecule has 1 N–H and O–H groups in total. The van der Waals surface area contributed by atoms with Crippen LogP contribution in [0.3, 0.4) is 0 Å². The smallest absolute Gasteiger partial charge is 0.406 e. The largest absolute Gasteiger partial charge is 0.573 e. The minimum atomic E-state index is -4.76. The van der Waals surface area contributed by atoms with Crippen molar-refractivity contribution in [2.24, 2.45) is 4.99 Å². The summed E-state index contributed by atoms with van der Waals surface area (Å²) in [4.78, 5) is 36.2. The number of amidine groups is 1. The molecule has 3 aromatic carbocycles. The first-order chi connectivity index (χ1) is 22.1. The Morgan fingerprint density at radius 2 is 1.91 bits per heavy atom. The minimum absolute atomic E-state index is 0.0883. The summed E-state index contributed by atoms with van der Waals surface area (Å²) in [5.41, 5.74) is 6.45. The van der Waals surface area contributed by atoms with E-state index in [4.69, 9.17) is 0 Å². The van der Waals surface area contributed by atoms with E-state index in [1.165, 1.54) is 47.0 Å². The first-order valence-electron chi connectivity index (χ1n) is 14.9. The van der Waals surface area contributed by atoms with Gasteiger partial charge in [-0.2, -0.15) is 4.99 Å². The average Bonchev–Trinajstić information content (AvgIpc) is 3.64. The maximum Gasteiger partial charge on any atom is 0.573 e. The van der Waals surface area contributed by atoms with E-state index in [2.05, 4.69) is 32.1 Å². The van der Waals surface area contributed by atoms with E-state index >= 15 is 0 Å². The lowest BCUT2D eigenvalue weighted by molar-refractivity contribution is -0.274. The van der Waals surface area contributed by atoms with E-state index in [0.29, 0.717) is 23.1 Å². The maximum atomic E-state index is 13.1. The first kappa shape index (κ1) is 31.3. The number of amides is 3. The number of hydrogen-bond donors (Lipinski definition) is 1. The van der Waals surface area contributed by atoms with E-state index in [0.717, 1.165) is 59.2 Å². The van der Waals surface area contributed by atoms with Gasteiger partial charge in [0.2, 0.25) is 5.91 Å². The molecule has 0 spiro atoms. The van der Waals surface area contributed by atoms with Gasteiger partial charge in [-0.15, -0.1) is 18.3 Å². The van der Waals surface area contributed by atoms with Gasteiger partial charge in [0.1, 0.15) is 12.1 Å². The van der Waals surface area contributed by atoms with Crippen LogP contribution >= 0.6 is 11.8 Å². The SMILES string of the molecule is CCCc1ccc(C)cc1N1C(=O)CSC1=NC(=O)NC1CCc2cc(-c3ncn(-c4ccc(OC(F)(F)F)cc4)n3)ccc2C1. The summed E-state index contributed by atoms with van der Waals surface area (Å²) < 4.78 is 42.8. The van der Waals surface area contributed by atoms with E-state index < -0.39 is 12.4 Å². The predicted octanol–water partition coefficient (Wildman–Crippen LogP) is 6.80. The summed E-state index contributed by atoms with van der Waals surface area (Å²) in [6.45, 7) is 4.07. The normalized spacial score (nSPS) is 17.3. The Morgan fingerprint density at radius 1 is 1.11 bits per heavy atom. The number of urea groups is 1. The van der Waals surface area contributed by atoms with E-state index in [1.54, 1.807) is 4.90 Å². The second-order valence-corrected chi connectivity index (χ2v) is 12.2. The third-order valence-electron chi connectivity index (χ3n) is 7.81. The number of halogens is 3. The molecule has 1 atom stereocenters. The van der Waals surface area contributed by atoms with Gasteiger partial charge in [-0.05, 0) is 91.3 Å². The molecule has 1 aromatic heterocycles. The van der Waals surface area contributed by atoms with Crippen molar-refractivity contribution in [1.82, 2.24) is 20.1 Å². The Hall–Kier alpha value is -4.65. The van der Waals surface area contributed by atoms with Crippen molar-refractivity contribution in [3.63, 3.8) is 0 Å². The molecule has 3 amide bonds. The monoisotopic (exact) mass is 648 g/mol. The topological polar surface area (TPSA) is 102 Å². The highest BCUT2D eigenvalue weighted by Gasteiger charge is 2.33. The van der Waals surface area contributed by atoms with E-state index in [-0.39, 0.29) is 23.5 Å². The number of carbonyl (C=O) groups is 2. The highest BCUT2D eigenvalue weighted by Crippen LogP contribution is 2.32. The average molecular weight is 649 g/mol. The Balaban J connectivity index is 1.11. The van der Waals surface area contributed by atoms with Crippen LogP contribution in [-0.4, -0.2) is 50.0 Å². The van der Waals surface area contributed by atoms with Crippen LogP contribution in [-0.2, 0) is 24.1 Å². The van der Waals surface area contributed by atoms with Crippen LogP contribution in [0, 0.1) is 6.92 Å². The molecule has 1 fully saturated rings. The number of rotatable bonds is 7. The number of hydrogen-bond acceptors (Lipinski definition) is 6. The third kappa shape index (κ3) is 7.09. The van der Waals surface area contributed by atoms with Gasteiger partial charge in [-0.3, -0.25) is 9.69 Å². The summed E-state index contributed by atoms with van der Waals surface area (Å²) in [5, 5.41) is 7.93. The lowest BCUT2D eigenvalue weighted by Crippen LogP contribution is -2.38. The molecule has 2 aliphatic rings. The van der Waals surface area contributed by atoms with Gasteiger partial charge in [0.15, 0.2) is 11.0 Å². The van der Waals surface area contributed by atoms with Crippen molar-refractivity contribution >= 4 is 34.6 Å². The zero-order valence-corrected chi connectivity index (χ0v) is 26.0. The fourth-order valence-electron chi connectivity index (χ4n) is 5.68. The molecule has 1 saturated heterocycles. The highest BCUT2D eigenvalue weighted by molar-refractivity contribution is 8.15. The summed E-state index contributed by atoms with van der Waals surface area (Å²) in [7, 11) is 0. The molecule has 4 aromatic rings.